The molecular formula is C20H38O4. The third-order valence-corrected chi connectivity index (χ3v) is 5.16. The van der Waals surface area contributed by atoms with Gasteiger partial charge in [0, 0.05) is 0 Å². The molecule has 3 unspecified atom stereocenters. The van der Waals surface area contributed by atoms with Gasteiger partial charge in [-0.2, -0.15) is 0 Å². The molecule has 0 aliphatic heterocycles. The first kappa shape index (κ1) is 22.9. The summed E-state index contributed by atoms with van der Waals surface area (Å²) >= 11 is 0. The molecule has 0 aromatic rings. The monoisotopic (exact) mass is 342 g/mol. The Morgan fingerprint density at radius 3 is 1.75 bits per heavy atom. The van der Waals surface area contributed by atoms with E-state index in [4.69, 9.17) is 5.11 Å². The van der Waals surface area contributed by atoms with Gasteiger partial charge in [0.25, 0.3) is 0 Å². The van der Waals surface area contributed by atoms with Crippen LogP contribution in [0.1, 0.15) is 87.5 Å². The van der Waals surface area contributed by atoms with Crippen molar-refractivity contribution in [2.75, 3.05) is 0 Å². The highest BCUT2D eigenvalue weighted by atomic mass is 16.4. The van der Waals surface area contributed by atoms with Gasteiger partial charge >= 0.3 is 11.9 Å². The molecule has 3 atom stereocenters. The van der Waals surface area contributed by atoms with Crippen molar-refractivity contribution >= 4 is 11.9 Å². The van der Waals surface area contributed by atoms with Crippen molar-refractivity contribution in [3.05, 3.63) is 0 Å². The standard InChI is InChI=1S/C20H38O4/c1-9-20(17(23)24,15(3)12-18(4,5)6)11-14(2)10-19(7,8)13-16(21)22/h14-15H,9-13H2,1-8H3,(H,21,22)(H,23,24). The van der Waals surface area contributed by atoms with Crippen LogP contribution in [0.2, 0.25) is 0 Å². The van der Waals surface area contributed by atoms with E-state index in [1.54, 1.807) is 0 Å². The van der Waals surface area contributed by atoms with Crippen LogP contribution >= 0.6 is 0 Å². The van der Waals surface area contributed by atoms with Crippen LogP contribution in [-0.2, 0) is 9.59 Å². The van der Waals surface area contributed by atoms with Crippen molar-refractivity contribution in [3.8, 4) is 0 Å². The topological polar surface area (TPSA) is 74.6 Å². The molecule has 0 aromatic carbocycles. The average molecular weight is 343 g/mol. The zero-order valence-electron chi connectivity index (χ0n) is 16.9. The summed E-state index contributed by atoms with van der Waals surface area (Å²) < 4.78 is 0. The highest BCUT2D eigenvalue weighted by Gasteiger charge is 2.44. The van der Waals surface area contributed by atoms with Gasteiger partial charge in [-0.1, -0.05) is 55.4 Å². The molecule has 4 nitrogen and oxygen atoms in total. The smallest absolute Gasteiger partial charge is 0.309 e. The lowest BCUT2D eigenvalue weighted by Gasteiger charge is -2.40. The summed E-state index contributed by atoms with van der Waals surface area (Å²) in [6.45, 7) is 16.4. The Balaban J connectivity index is 5.28. The van der Waals surface area contributed by atoms with Gasteiger partial charge in [0.15, 0.2) is 0 Å². The van der Waals surface area contributed by atoms with E-state index in [0.717, 1.165) is 12.8 Å². The lowest BCUT2D eigenvalue weighted by atomic mass is 9.63. The summed E-state index contributed by atoms with van der Waals surface area (Å²) in [5, 5.41) is 19.0. The molecule has 2 N–H and O–H groups in total. The molecule has 0 aliphatic rings. The summed E-state index contributed by atoms with van der Waals surface area (Å²) in [6.07, 6.45) is 2.89. The second-order valence-electron chi connectivity index (χ2n) is 9.73. The summed E-state index contributed by atoms with van der Waals surface area (Å²) in [7, 11) is 0. The highest BCUT2D eigenvalue weighted by Crippen LogP contribution is 2.45. The van der Waals surface area contributed by atoms with Crippen molar-refractivity contribution in [1.29, 1.82) is 0 Å². The van der Waals surface area contributed by atoms with Gasteiger partial charge in [0.05, 0.1) is 11.8 Å². The third-order valence-electron chi connectivity index (χ3n) is 5.16. The normalized spacial score (nSPS) is 17.8. The van der Waals surface area contributed by atoms with E-state index < -0.39 is 17.4 Å². The molecule has 0 heterocycles. The fourth-order valence-corrected chi connectivity index (χ4v) is 4.38. The maximum atomic E-state index is 12.2. The fourth-order valence-electron chi connectivity index (χ4n) is 4.38. The molecule has 0 saturated heterocycles. The molecule has 0 amide bonds. The van der Waals surface area contributed by atoms with Crippen molar-refractivity contribution in [2.24, 2.45) is 28.1 Å². The molecule has 142 valence electrons. The van der Waals surface area contributed by atoms with Gasteiger partial charge in [-0.05, 0) is 48.3 Å². The number of hydrogen-bond acceptors (Lipinski definition) is 2. The zero-order valence-corrected chi connectivity index (χ0v) is 16.9. The average Bonchev–Trinajstić information content (AvgIpc) is 2.30. The Labute approximate surface area is 148 Å². The highest BCUT2D eigenvalue weighted by molar-refractivity contribution is 5.75. The van der Waals surface area contributed by atoms with Gasteiger partial charge in [-0.3, -0.25) is 9.59 Å². The lowest BCUT2D eigenvalue weighted by molar-refractivity contribution is -0.155. The molecule has 24 heavy (non-hydrogen) atoms. The number of carbonyl (C=O) groups is 2. The Kier molecular flexibility index (Phi) is 7.98. The van der Waals surface area contributed by atoms with Crippen LogP contribution in [0.5, 0.6) is 0 Å². The summed E-state index contributed by atoms with van der Waals surface area (Å²) in [4.78, 5) is 23.2. The van der Waals surface area contributed by atoms with Crippen LogP contribution in [-0.4, -0.2) is 22.2 Å². The predicted octanol–water partition coefficient (Wildman–Crippen LogP) is 5.46. The quantitative estimate of drug-likeness (QED) is 0.553. The maximum Gasteiger partial charge on any atom is 0.309 e. The minimum Gasteiger partial charge on any atom is -0.481 e. The van der Waals surface area contributed by atoms with Crippen molar-refractivity contribution in [2.45, 2.75) is 87.5 Å². The number of rotatable bonds is 10. The molecule has 0 spiro atoms. The van der Waals surface area contributed by atoms with Crippen LogP contribution in [0.15, 0.2) is 0 Å². The van der Waals surface area contributed by atoms with E-state index in [0.29, 0.717) is 12.8 Å². The Bertz CT molecular complexity index is 433. The predicted molar refractivity (Wildman–Crippen MR) is 98.0 cm³/mol. The van der Waals surface area contributed by atoms with Crippen molar-refractivity contribution < 1.29 is 19.8 Å². The van der Waals surface area contributed by atoms with E-state index >= 15 is 0 Å². The first-order chi connectivity index (χ1) is 10.6. The Hall–Kier alpha value is -1.06. The van der Waals surface area contributed by atoms with Gasteiger partial charge < -0.3 is 10.2 Å². The van der Waals surface area contributed by atoms with E-state index in [2.05, 4.69) is 34.6 Å². The number of aliphatic carboxylic acids is 2. The summed E-state index contributed by atoms with van der Waals surface area (Å²) in [6, 6.07) is 0. The van der Waals surface area contributed by atoms with E-state index in [9.17, 15) is 14.7 Å². The second-order valence-corrected chi connectivity index (χ2v) is 9.73. The van der Waals surface area contributed by atoms with Crippen molar-refractivity contribution in [3.63, 3.8) is 0 Å². The van der Waals surface area contributed by atoms with E-state index in [-0.39, 0.29) is 29.1 Å². The maximum absolute atomic E-state index is 12.2. The largest absolute Gasteiger partial charge is 0.481 e. The Morgan fingerprint density at radius 2 is 1.42 bits per heavy atom. The van der Waals surface area contributed by atoms with Gasteiger partial charge in [0.1, 0.15) is 0 Å². The van der Waals surface area contributed by atoms with Crippen LogP contribution in [0, 0.1) is 28.1 Å². The molecule has 0 aliphatic carbocycles. The molecule has 0 rings (SSSR count). The first-order valence-corrected chi connectivity index (χ1v) is 9.10. The minimum absolute atomic E-state index is 0.0741. The zero-order chi connectivity index (χ0) is 19.3. The van der Waals surface area contributed by atoms with Gasteiger partial charge in [-0.15, -0.1) is 0 Å². The fraction of sp³-hybridized carbons (Fsp3) is 0.900. The summed E-state index contributed by atoms with van der Waals surface area (Å²) in [5.74, 6) is -1.28. The third kappa shape index (κ3) is 7.23. The first-order valence-electron chi connectivity index (χ1n) is 9.10. The van der Waals surface area contributed by atoms with Crippen LogP contribution in [0.4, 0.5) is 0 Å². The van der Waals surface area contributed by atoms with Crippen LogP contribution in [0.3, 0.4) is 0 Å². The molecular weight excluding hydrogens is 304 g/mol. The molecule has 0 saturated carbocycles. The molecule has 0 radical (unpaired) electrons. The SMILES string of the molecule is CCC(CC(C)CC(C)(C)CC(=O)O)(C(=O)O)C(C)CC(C)(C)C. The molecule has 4 heteroatoms. The van der Waals surface area contributed by atoms with E-state index in [1.807, 2.05) is 20.8 Å². The summed E-state index contributed by atoms with van der Waals surface area (Å²) in [5.41, 5.74) is -0.983. The number of carboxylic acids is 2. The Morgan fingerprint density at radius 1 is 0.917 bits per heavy atom. The lowest BCUT2D eigenvalue weighted by Crippen LogP contribution is -2.40. The van der Waals surface area contributed by atoms with Crippen molar-refractivity contribution in [1.82, 2.24) is 0 Å². The number of hydrogen-bond donors (Lipinski definition) is 2. The molecule has 0 bridgehead atoms. The molecule has 0 fully saturated rings. The van der Waals surface area contributed by atoms with Gasteiger partial charge in [0.2, 0.25) is 0 Å². The number of carboxylic acid groups (broad SMARTS) is 2. The minimum atomic E-state index is -0.798. The second kappa shape index (κ2) is 8.35. The van der Waals surface area contributed by atoms with Crippen LogP contribution in [0.25, 0.3) is 0 Å². The van der Waals surface area contributed by atoms with E-state index in [1.165, 1.54) is 0 Å². The molecule has 0 aromatic heterocycles. The van der Waals surface area contributed by atoms with Crippen LogP contribution < -0.4 is 0 Å². The van der Waals surface area contributed by atoms with Gasteiger partial charge in [-0.25, -0.2) is 0 Å².